The maximum Gasteiger partial charge on any atom is 0.250 e. The zero-order valence-corrected chi connectivity index (χ0v) is 20.1. The number of anilines is 1. The first-order valence-electron chi connectivity index (χ1n) is 8.40. The Bertz CT molecular complexity index is 1130. The summed E-state index contributed by atoms with van der Waals surface area (Å²) >= 11 is 22.0. The van der Waals surface area contributed by atoms with E-state index in [0.29, 0.717) is 20.7 Å². The number of rotatable bonds is 5. The summed E-state index contributed by atoms with van der Waals surface area (Å²) in [4.78, 5) is 16.6. The number of aromatic nitrogens is 1. The minimum Gasteiger partial charge on any atom is -0.496 e. The highest BCUT2D eigenvalue weighted by Crippen LogP contribution is 2.32. The number of nitrogens with zero attached hydrogens (tertiary/aromatic N) is 1. The molecule has 0 saturated carbocycles. The monoisotopic (exact) mass is 541 g/mol. The highest BCUT2D eigenvalue weighted by atomic mass is 79.9. The molecule has 3 aromatic rings. The smallest absolute Gasteiger partial charge is 0.250 e. The molecule has 0 aliphatic carbocycles. The van der Waals surface area contributed by atoms with E-state index < -0.39 is 5.91 Å². The van der Waals surface area contributed by atoms with Crippen LogP contribution in [0.5, 0.6) is 5.75 Å². The van der Waals surface area contributed by atoms with E-state index in [-0.39, 0.29) is 5.11 Å². The van der Waals surface area contributed by atoms with Crippen LogP contribution in [0, 0.1) is 0 Å². The van der Waals surface area contributed by atoms with Crippen molar-refractivity contribution < 1.29 is 9.53 Å². The minimum absolute atomic E-state index is 0.142. The van der Waals surface area contributed by atoms with Crippen LogP contribution < -0.4 is 15.4 Å². The fraction of sp³-hybridized carbons (Fsp3) is 0.0500. The number of nitrogens with one attached hydrogen (secondary N) is 2. The van der Waals surface area contributed by atoms with Crippen molar-refractivity contribution in [2.24, 2.45) is 0 Å². The van der Waals surface area contributed by atoms with Gasteiger partial charge in [-0.2, -0.15) is 0 Å². The van der Waals surface area contributed by atoms with Crippen molar-refractivity contribution >= 4 is 84.9 Å². The van der Waals surface area contributed by atoms with Crippen LogP contribution in [-0.4, -0.2) is 23.1 Å². The molecule has 30 heavy (non-hydrogen) atoms. The van der Waals surface area contributed by atoms with Gasteiger partial charge >= 0.3 is 0 Å². The summed E-state index contributed by atoms with van der Waals surface area (Å²) in [7, 11) is 1.61. The number of thiocarbonyl (C=S) groups is 1. The van der Waals surface area contributed by atoms with Crippen LogP contribution >= 0.6 is 62.7 Å². The molecule has 5 nitrogen and oxygen atoms in total. The lowest BCUT2D eigenvalue weighted by atomic mass is 10.2. The lowest BCUT2D eigenvalue weighted by molar-refractivity contribution is -0.115. The molecule has 0 atom stereocenters. The van der Waals surface area contributed by atoms with E-state index in [4.69, 9.17) is 40.2 Å². The van der Waals surface area contributed by atoms with Crippen molar-refractivity contribution in [3.63, 3.8) is 0 Å². The Kier molecular flexibility index (Phi) is 7.85. The topological polar surface area (TPSA) is 63.2 Å². The van der Waals surface area contributed by atoms with E-state index in [1.807, 2.05) is 23.6 Å². The Morgan fingerprint density at radius 2 is 2.07 bits per heavy atom. The normalized spacial score (nSPS) is 10.8. The Balaban J connectivity index is 1.59. The van der Waals surface area contributed by atoms with Crippen LogP contribution in [0.15, 0.2) is 52.3 Å². The van der Waals surface area contributed by atoms with Crippen LogP contribution in [0.4, 0.5) is 5.13 Å². The van der Waals surface area contributed by atoms with Crippen LogP contribution in [-0.2, 0) is 4.79 Å². The van der Waals surface area contributed by atoms with Gasteiger partial charge in [0.1, 0.15) is 5.75 Å². The lowest BCUT2D eigenvalue weighted by Crippen LogP contribution is -2.32. The van der Waals surface area contributed by atoms with Gasteiger partial charge in [-0.05, 0) is 70.1 Å². The van der Waals surface area contributed by atoms with Crippen molar-refractivity contribution in [2.75, 3.05) is 12.4 Å². The van der Waals surface area contributed by atoms with Gasteiger partial charge in [-0.25, -0.2) is 4.98 Å². The van der Waals surface area contributed by atoms with Crippen LogP contribution in [0.1, 0.15) is 5.56 Å². The molecule has 0 spiro atoms. The van der Waals surface area contributed by atoms with Crippen molar-refractivity contribution in [2.45, 2.75) is 0 Å². The van der Waals surface area contributed by atoms with E-state index in [1.165, 1.54) is 17.4 Å². The molecule has 0 bridgehead atoms. The Morgan fingerprint density at radius 1 is 1.27 bits per heavy atom. The molecule has 3 rings (SSSR count). The number of halogens is 3. The standard InChI is InChI=1S/C20H14BrCl2N3O2S2/c1-28-17-6-3-12(8-14(17)21)16-10-30-20(24-16)26-19(29)25-18(27)7-4-11-2-5-13(22)9-15(11)23/h2-10H,1H3,(H2,24,25,26,27,29)/b7-4+. The number of carbonyl (C=O) groups is 1. The minimum atomic E-state index is -0.394. The van der Waals surface area contributed by atoms with Gasteiger partial charge < -0.3 is 10.1 Å². The average molecular weight is 543 g/mol. The SMILES string of the molecule is COc1ccc(-c2csc(NC(=S)NC(=O)/C=C/c3ccc(Cl)cc3Cl)n2)cc1Br. The molecule has 0 aliphatic rings. The van der Waals surface area contributed by atoms with Crippen molar-refractivity contribution in [3.05, 3.63) is 67.9 Å². The van der Waals surface area contributed by atoms with E-state index in [9.17, 15) is 4.79 Å². The molecule has 1 aromatic heterocycles. The molecule has 0 fully saturated rings. The molecule has 0 unspecified atom stereocenters. The fourth-order valence-electron chi connectivity index (χ4n) is 2.37. The number of methoxy groups -OCH3 is 1. The quantitative estimate of drug-likeness (QED) is 0.288. The van der Waals surface area contributed by atoms with Gasteiger partial charge in [0.05, 0.1) is 17.3 Å². The van der Waals surface area contributed by atoms with Gasteiger partial charge in [0.15, 0.2) is 10.2 Å². The first kappa shape index (κ1) is 22.7. The number of hydrogen-bond donors (Lipinski definition) is 2. The number of hydrogen-bond acceptors (Lipinski definition) is 5. The predicted molar refractivity (Wildman–Crippen MR) is 132 cm³/mol. The number of thiazole rings is 1. The molecular formula is C20H14BrCl2N3O2S2. The third-order valence-electron chi connectivity index (χ3n) is 3.79. The molecule has 0 saturated heterocycles. The summed E-state index contributed by atoms with van der Waals surface area (Å²) < 4.78 is 6.07. The highest BCUT2D eigenvalue weighted by Gasteiger charge is 2.09. The van der Waals surface area contributed by atoms with Gasteiger partial charge in [-0.1, -0.05) is 29.3 Å². The van der Waals surface area contributed by atoms with E-state index >= 15 is 0 Å². The van der Waals surface area contributed by atoms with E-state index in [2.05, 4.69) is 31.5 Å². The maximum atomic E-state index is 12.1. The summed E-state index contributed by atoms with van der Waals surface area (Å²) in [6, 6.07) is 10.7. The zero-order valence-electron chi connectivity index (χ0n) is 15.4. The van der Waals surface area contributed by atoms with Crippen LogP contribution in [0.25, 0.3) is 17.3 Å². The third kappa shape index (κ3) is 6.02. The van der Waals surface area contributed by atoms with Gasteiger partial charge in [0.25, 0.3) is 0 Å². The number of carbonyl (C=O) groups excluding carboxylic acids is 1. The highest BCUT2D eigenvalue weighted by molar-refractivity contribution is 9.10. The van der Waals surface area contributed by atoms with Gasteiger partial charge in [-0.15, -0.1) is 11.3 Å². The molecule has 2 N–H and O–H groups in total. The number of amides is 1. The Hall–Kier alpha value is -1.97. The number of benzene rings is 2. The number of ether oxygens (including phenoxy) is 1. The molecular weight excluding hydrogens is 529 g/mol. The van der Waals surface area contributed by atoms with Crippen molar-refractivity contribution in [1.29, 1.82) is 0 Å². The molecule has 0 radical (unpaired) electrons. The van der Waals surface area contributed by atoms with Crippen molar-refractivity contribution in [3.8, 4) is 17.0 Å². The molecule has 10 heteroatoms. The second kappa shape index (κ2) is 10.4. The molecule has 0 aliphatic heterocycles. The average Bonchev–Trinajstić information content (AvgIpc) is 3.15. The predicted octanol–water partition coefficient (Wildman–Crippen LogP) is 6.41. The fourth-order valence-corrected chi connectivity index (χ4v) is 4.37. The van der Waals surface area contributed by atoms with Crippen LogP contribution in [0.2, 0.25) is 10.0 Å². The molecule has 1 amide bonds. The first-order chi connectivity index (χ1) is 14.4. The molecule has 2 aromatic carbocycles. The van der Waals surface area contributed by atoms with Crippen molar-refractivity contribution in [1.82, 2.24) is 10.3 Å². The summed E-state index contributed by atoms with van der Waals surface area (Å²) in [6.45, 7) is 0. The zero-order chi connectivity index (χ0) is 21.7. The van der Waals surface area contributed by atoms with Gasteiger partial charge in [0, 0.05) is 27.1 Å². The van der Waals surface area contributed by atoms with Crippen LogP contribution in [0.3, 0.4) is 0 Å². The summed E-state index contributed by atoms with van der Waals surface area (Å²) in [6.07, 6.45) is 2.92. The summed E-state index contributed by atoms with van der Waals surface area (Å²) in [5.41, 5.74) is 2.37. The second-order valence-electron chi connectivity index (χ2n) is 5.83. The summed E-state index contributed by atoms with van der Waals surface area (Å²) in [5.74, 6) is 0.346. The summed E-state index contributed by atoms with van der Waals surface area (Å²) in [5, 5.41) is 9.05. The largest absolute Gasteiger partial charge is 0.496 e. The first-order valence-corrected chi connectivity index (χ1v) is 11.2. The van der Waals surface area contributed by atoms with E-state index in [0.717, 1.165) is 21.5 Å². The third-order valence-corrected chi connectivity index (χ3v) is 5.93. The van der Waals surface area contributed by atoms with Gasteiger partial charge in [-0.3, -0.25) is 10.1 Å². The maximum absolute atomic E-state index is 12.1. The Morgan fingerprint density at radius 3 is 2.77 bits per heavy atom. The molecule has 1 heterocycles. The van der Waals surface area contributed by atoms with Gasteiger partial charge in [0.2, 0.25) is 5.91 Å². The Labute approximate surface area is 201 Å². The second-order valence-corrected chi connectivity index (χ2v) is 8.79. The lowest BCUT2D eigenvalue weighted by Gasteiger charge is -2.05. The molecule has 154 valence electrons. The van der Waals surface area contributed by atoms with E-state index in [1.54, 1.807) is 31.4 Å².